The number of benzene rings is 1. The number of carbonyl (C=O) groups is 2. The number of carbonyl (C=O) groups excluding carboxylic acids is 2. The van der Waals surface area contributed by atoms with Gasteiger partial charge in [-0.15, -0.1) is 0 Å². The van der Waals surface area contributed by atoms with Gasteiger partial charge < -0.3 is 9.84 Å². The molecule has 0 saturated heterocycles. The quantitative estimate of drug-likeness (QED) is 0.300. The minimum Gasteiger partial charge on any atom is -0.502 e. The molecular formula is C14H13NO6. The standard InChI is InChI=1S/C14H13NO6/c1-2-21-14(18)13(17)10-6-4-8-3-5-9(15(19)20)7-11(8)12(10)16/h3,5,7,17H,2,4,6H2,1H3/b13-10-. The van der Waals surface area contributed by atoms with Gasteiger partial charge in [0.05, 0.1) is 11.5 Å². The molecule has 1 aliphatic rings. The van der Waals surface area contributed by atoms with Crippen molar-refractivity contribution in [2.24, 2.45) is 0 Å². The van der Waals surface area contributed by atoms with Crippen LogP contribution in [0.5, 0.6) is 0 Å². The van der Waals surface area contributed by atoms with Crippen molar-refractivity contribution in [1.29, 1.82) is 0 Å². The molecular weight excluding hydrogens is 278 g/mol. The van der Waals surface area contributed by atoms with E-state index in [4.69, 9.17) is 0 Å². The highest BCUT2D eigenvalue weighted by atomic mass is 16.6. The maximum absolute atomic E-state index is 12.3. The predicted octanol–water partition coefficient (Wildman–Crippen LogP) is 2.10. The molecule has 7 heteroatoms. The van der Waals surface area contributed by atoms with Gasteiger partial charge in [-0.25, -0.2) is 4.79 Å². The van der Waals surface area contributed by atoms with Gasteiger partial charge in [-0.3, -0.25) is 14.9 Å². The second-order valence-electron chi connectivity index (χ2n) is 4.48. The number of aryl methyl sites for hydroxylation is 1. The average Bonchev–Trinajstić information content (AvgIpc) is 2.47. The third-order valence-electron chi connectivity index (χ3n) is 3.22. The first-order chi connectivity index (χ1) is 9.95. The average molecular weight is 291 g/mol. The van der Waals surface area contributed by atoms with Crippen LogP contribution in [0.15, 0.2) is 29.5 Å². The molecule has 0 spiro atoms. The van der Waals surface area contributed by atoms with Crippen molar-refractivity contribution in [2.75, 3.05) is 6.61 Å². The van der Waals surface area contributed by atoms with E-state index in [1.54, 1.807) is 6.92 Å². The smallest absolute Gasteiger partial charge is 0.373 e. The number of nitrogens with zero attached hydrogens (tertiary/aromatic N) is 1. The zero-order valence-electron chi connectivity index (χ0n) is 11.3. The predicted molar refractivity (Wildman–Crippen MR) is 72.0 cm³/mol. The molecule has 1 aromatic carbocycles. The second kappa shape index (κ2) is 5.74. The molecule has 0 radical (unpaired) electrons. The summed E-state index contributed by atoms with van der Waals surface area (Å²) in [5, 5.41) is 20.6. The van der Waals surface area contributed by atoms with E-state index >= 15 is 0 Å². The van der Waals surface area contributed by atoms with Gasteiger partial charge in [-0.1, -0.05) is 6.07 Å². The Morgan fingerprint density at radius 2 is 2.14 bits per heavy atom. The number of esters is 1. The maximum Gasteiger partial charge on any atom is 0.373 e. The fourth-order valence-corrected chi connectivity index (χ4v) is 2.19. The highest BCUT2D eigenvalue weighted by Gasteiger charge is 2.29. The topological polar surface area (TPSA) is 107 Å². The van der Waals surface area contributed by atoms with Crippen molar-refractivity contribution in [3.8, 4) is 0 Å². The lowest BCUT2D eigenvalue weighted by Gasteiger charge is -2.17. The van der Waals surface area contributed by atoms with Crippen LogP contribution >= 0.6 is 0 Å². The van der Waals surface area contributed by atoms with Crippen molar-refractivity contribution in [3.63, 3.8) is 0 Å². The molecule has 0 fully saturated rings. The zero-order valence-corrected chi connectivity index (χ0v) is 11.3. The number of aliphatic hydroxyl groups excluding tert-OH is 1. The van der Waals surface area contributed by atoms with Crippen molar-refractivity contribution >= 4 is 17.4 Å². The van der Waals surface area contributed by atoms with Gasteiger partial charge in [-0.2, -0.15) is 0 Å². The van der Waals surface area contributed by atoms with E-state index in [9.17, 15) is 24.8 Å². The van der Waals surface area contributed by atoms with Gasteiger partial charge in [0, 0.05) is 23.3 Å². The number of nitro groups is 1. The monoisotopic (exact) mass is 291 g/mol. The lowest BCUT2D eigenvalue weighted by molar-refractivity contribution is -0.384. The molecule has 0 saturated carbocycles. The third-order valence-corrected chi connectivity index (χ3v) is 3.22. The molecule has 0 aliphatic heterocycles. The summed E-state index contributed by atoms with van der Waals surface area (Å²) in [6.45, 7) is 1.66. The van der Waals surface area contributed by atoms with Crippen LogP contribution < -0.4 is 0 Å². The molecule has 21 heavy (non-hydrogen) atoms. The Hall–Kier alpha value is -2.70. The van der Waals surface area contributed by atoms with Gasteiger partial charge in [0.2, 0.25) is 5.76 Å². The van der Waals surface area contributed by atoms with Crippen LogP contribution in [0.4, 0.5) is 5.69 Å². The molecule has 1 N–H and O–H groups in total. The van der Waals surface area contributed by atoms with Gasteiger partial charge in [0.1, 0.15) is 0 Å². The molecule has 7 nitrogen and oxygen atoms in total. The number of ether oxygens (including phenoxy) is 1. The molecule has 0 atom stereocenters. The third kappa shape index (κ3) is 2.76. The Morgan fingerprint density at radius 1 is 1.43 bits per heavy atom. The SMILES string of the molecule is CCOC(=O)/C(O)=C1\CCc2ccc([N+](=O)[O-])cc2C1=O. The number of ketones is 1. The molecule has 2 rings (SSSR count). The molecule has 0 heterocycles. The first kappa shape index (κ1) is 14.7. The first-order valence-corrected chi connectivity index (χ1v) is 6.37. The van der Waals surface area contributed by atoms with E-state index in [0.29, 0.717) is 12.0 Å². The normalized spacial score (nSPS) is 16.1. The second-order valence-corrected chi connectivity index (χ2v) is 4.48. The number of fused-ring (bicyclic) bond motifs is 1. The summed E-state index contributed by atoms with van der Waals surface area (Å²) in [7, 11) is 0. The van der Waals surface area contributed by atoms with Gasteiger partial charge in [0.15, 0.2) is 5.78 Å². The van der Waals surface area contributed by atoms with Gasteiger partial charge in [-0.05, 0) is 25.3 Å². The van der Waals surface area contributed by atoms with Crippen molar-refractivity contribution in [3.05, 3.63) is 50.8 Å². The van der Waals surface area contributed by atoms with Crippen LogP contribution in [0, 0.1) is 10.1 Å². The maximum atomic E-state index is 12.3. The highest BCUT2D eigenvalue weighted by molar-refractivity contribution is 6.14. The fourth-order valence-electron chi connectivity index (χ4n) is 2.19. The van der Waals surface area contributed by atoms with Crippen molar-refractivity contribution in [1.82, 2.24) is 0 Å². The number of aliphatic hydroxyl groups is 1. The fraction of sp³-hybridized carbons (Fsp3) is 0.286. The Balaban J connectivity index is 2.44. The number of Topliss-reactive ketones (excluding diaryl/α,β-unsaturated/α-hetero) is 1. The summed E-state index contributed by atoms with van der Waals surface area (Å²) in [6.07, 6.45) is 0.603. The zero-order chi connectivity index (χ0) is 15.6. The van der Waals surface area contributed by atoms with E-state index < -0.39 is 22.4 Å². The van der Waals surface area contributed by atoms with E-state index in [2.05, 4.69) is 4.74 Å². The Morgan fingerprint density at radius 3 is 2.76 bits per heavy atom. The summed E-state index contributed by atoms with van der Waals surface area (Å²) in [4.78, 5) is 33.9. The van der Waals surface area contributed by atoms with E-state index in [-0.39, 0.29) is 29.9 Å². The van der Waals surface area contributed by atoms with Gasteiger partial charge >= 0.3 is 5.97 Å². The Kier molecular flexibility index (Phi) is 4.02. The van der Waals surface area contributed by atoms with Crippen LogP contribution in [-0.2, 0) is 16.0 Å². The molecule has 0 unspecified atom stereocenters. The van der Waals surface area contributed by atoms with Crippen molar-refractivity contribution < 1.29 is 24.4 Å². The Labute approximate surface area is 120 Å². The first-order valence-electron chi connectivity index (χ1n) is 6.37. The lowest BCUT2D eigenvalue weighted by Crippen LogP contribution is -2.20. The number of allylic oxidation sites excluding steroid dienone is 1. The number of hydrogen-bond donors (Lipinski definition) is 1. The molecule has 110 valence electrons. The molecule has 1 aliphatic carbocycles. The minimum absolute atomic E-state index is 0.0681. The molecule has 0 aromatic heterocycles. The highest BCUT2D eigenvalue weighted by Crippen LogP contribution is 2.29. The lowest BCUT2D eigenvalue weighted by atomic mass is 9.86. The van der Waals surface area contributed by atoms with Crippen LogP contribution in [0.25, 0.3) is 0 Å². The van der Waals surface area contributed by atoms with Gasteiger partial charge in [0.25, 0.3) is 5.69 Å². The molecule has 1 aromatic rings. The van der Waals surface area contributed by atoms with E-state index in [1.165, 1.54) is 12.1 Å². The largest absolute Gasteiger partial charge is 0.502 e. The van der Waals surface area contributed by atoms with Crippen molar-refractivity contribution in [2.45, 2.75) is 19.8 Å². The summed E-state index contributed by atoms with van der Waals surface area (Å²) in [5.41, 5.74) is 0.521. The Bertz CT molecular complexity index is 661. The van der Waals surface area contributed by atoms with Crippen LogP contribution in [-0.4, -0.2) is 28.4 Å². The number of hydrogen-bond acceptors (Lipinski definition) is 6. The van der Waals surface area contributed by atoms with E-state index in [0.717, 1.165) is 6.07 Å². The van der Waals surface area contributed by atoms with Crippen LogP contribution in [0.2, 0.25) is 0 Å². The van der Waals surface area contributed by atoms with Crippen LogP contribution in [0.3, 0.4) is 0 Å². The number of rotatable bonds is 3. The van der Waals surface area contributed by atoms with Crippen LogP contribution in [0.1, 0.15) is 29.3 Å². The molecule has 0 amide bonds. The summed E-state index contributed by atoms with van der Waals surface area (Å²) >= 11 is 0. The number of non-ortho nitro benzene ring substituents is 1. The summed E-state index contributed by atoms with van der Waals surface area (Å²) in [5.74, 6) is -2.26. The summed E-state index contributed by atoms with van der Waals surface area (Å²) < 4.78 is 4.65. The minimum atomic E-state index is -0.963. The van der Waals surface area contributed by atoms with E-state index in [1.807, 2.05) is 0 Å². The summed E-state index contributed by atoms with van der Waals surface area (Å²) in [6, 6.07) is 4.00. The molecule has 0 bridgehead atoms. The number of nitro benzene ring substituents is 1.